The second kappa shape index (κ2) is 13.5. The van der Waals surface area contributed by atoms with E-state index in [1.54, 1.807) is 36.0 Å². The third-order valence-electron chi connectivity index (χ3n) is 4.59. The lowest BCUT2D eigenvalue weighted by molar-refractivity contribution is 0.102. The maximum absolute atomic E-state index is 14.1. The minimum absolute atomic E-state index is 0.240. The number of carbonyl (C=O) groups excluding carboxylic acids is 1. The molecule has 3 aromatic rings. The lowest BCUT2D eigenvalue weighted by atomic mass is 9.97. The van der Waals surface area contributed by atoms with Gasteiger partial charge in [-0.25, -0.2) is 9.37 Å². The summed E-state index contributed by atoms with van der Waals surface area (Å²) in [6.07, 6.45) is 6.91. The number of rotatable bonds is 7. The van der Waals surface area contributed by atoms with Crippen LogP contribution in [0.25, 0.3) is 5.65 Å². The Balaban J connectivity index is 0.00000113. The van der Waals surface area contributed by atoms with Gasteiger partial charge in [-0.15, -0.1) is 0 Å². The molecule has 0 aliphatic carbocycles. The molecule has 170 valence electrons. The fourth-order valence-electron chi connectivity index (χ4n) is 3.11. The Labute approximate surface area is 185 Å². The molecule has 0 aliphatic rings. The highest BCUT2D eigenvalue weighted by atomic mass is 19.1. The SMILES string of the molecule is CC.CC.CCC(CCNC)c1ccc(C(=O)Nc2cc(F)c3nc(C)cn3c2)cn1. The quantitative estimate of drug-likeness (QED) is 0.514. The Kier molecular flexibility index (Phi) is 11.4. The maximum Gasteiger partial charge on any atom is 0.257 e. The largest absolute Gasteiger partial charge is 0.321 e. The topological polar surface area (TPSA) is 71.3 Å². The van der Waals surface area contributed by atoms with Crippen molar-refractivity contribution in [1.82, 2.24) is 19.7 Å². The molecule has 0 spiro atoms. The molecule has 0 saturated heterocycles. The van der Waals surface area contributed by atoms with Crippen LogP contribution in [-0.4, -0.2) is 33.9 Å². The van der Waals surface area contributed by atoms with E-state index in [9.17, 15) is 9.18 Å². The van der Waals surface area contributed by atoms with Gasteiger partial charge in [0.1, 0.15) is 0 Å². The number of hydrogen-bond acceptors (Lipinski definition) is 4. The minimum Gasteiger partial charge on any atom is -0.321 e. The third-order valence-corrected chi connectivity index (χ3v) is 4.59. The van der Waals surface area contributed by atoms with Crippen LogP contribution in [0.4, 0.5) is 10.1 Å². The van der Waals surface area contributed by atoms with Crippen LogP contribution < -0.4 is 10.6 Å². The number of fused-ring (bicyclic) bond motifs is 1. The number of pyridine rings is 2. The molecular formula is C24H36FN5O. The van der Waals surface area contributed by atoms with Gasteiger partial charge in [-0.3, -0.25) is 9.78 Å². The number of halogens is 1. The number of nitrogens with zero attached hydrogens (tertiary/aromatic N) is 3. The molecule has 7 heteroatoms. The monoisotopic (exact) mass is 429 g/mol. The molecule has 6 nitrogen and oxygen atoms in total. The molecule has 0 bridgehead atoms. The standard InChI is InChI=1S/C20H24FN5O.2C2H6/c1-4-14(7-8-22-3)18-6-5-15(10-23-18)20(27)25-16-9-17(21)19-24-13(2)11-26(19)12-16;2*1-2/h5-6,9-12,14,22H,4,7-8H2,1-3H3,(H,25,27);2*1-2H3. The van der Waals surface area contributed by atoms with Crippen LogP contribution in [0.1, 0.15) is 75.1 Å². The van der Waals surface area contributed by atoms with E-state index in [0.29, 0.717) is 22.9 Å². The molecule has 2 N–H and O–H groups in total. The molecule has 0 radical (unpaired) electrons. The van der Waals surface area contributed by atoms with Crippen molar-refractivity contribution in [3.63, 3.8) is 0 Å². The first-order valence-electron chi connectivity index (χ1n) is 11.1. The molecule has 3 heterocycles. The van der Waals surface area contributed by atoms with Gasteiger partial charge >= 0.3 is 0 Å². The second-order valence-electron chi connectivity index (χ2n) is 6.61. The number of anilines is 1. The maximum atomic E-state index is 14.1. The first-order valence-corrected chi connectivity index (χ1v) is 11.1. The van der Waals surface area contributed by atoms with Gasteiger partial charge in [0.2, 0.25) is 0 Å². The smallest absolute Gasteiger partial charge is 0.257 e. The fourth-order valence-corrected chi connectivity index (χ4v) is 3.11. The van der Waals surface area contributed by atoms with E-state index >= 15 is 0 Å². The zero-order valence-corrected chi connectivity index (χ0v) is 19.8. The normalized spacial score (nSPS) is 11.1. The number of aryl methyl sites for hydroxylation is 1. The van der Waals surface area contributed by atoms with Gasteiger partial charge in [-0.2, -0.15) is 0 Å². The molecule has 1 unspecified atom stereocenters. The fraction of sp³-hybridized carbons (Fsp3) is 0.458. The molecule has 1 amide bonds. The van der Waals surface area contributed by atoms with Crippen LogP contribution in [-0.2, 0) is 0 Å². The Morgan fingerprint density at radius 2 is 1.90 bits per heavy atom. The van der Waals surface area contributed by atoms with Crippen molar-refractivity contribution in [3.05, 3.63) is 59.6 Å². The van der Waals surface area contributed by atoms with Crippen molar-refractivity contribution in [2.75, 3.05) is 18.9 Å². The average Bonchev–Trinajstić information content (AvgIpc) is 3.18. The van der Waals surface area contributed by atoms with E-state index in [1.165, 1.54) is 6.07 Å². The number of amides is 1. The van der Waals surface area contributed by atoms with Gasteiger partial charge in [0, 0.05) is 36.3 Å². The van der Waals surface area contributed by atoms with Crippen LogP contribution in [0.3, 0.4) is 0 Å². The van der Waals surface area contributed by atoms with Crippen LogP contribution in [0.5, 0.6) is 0 Å². The van der Waals surface area contributed by atoms with Crippen molar-refractivity contribution >= 4 is 17.2 Å². The minimum atomic E-state index is -0.482. The Hall–Kier alpha value is -2.80. The summed E-state index contributed by atoms with van der Waals surface area (Å²) in [6, 6.07) is 4.92. The number of carbonyl (C=O) groups is 1. The van der Waals surface area contributed by atoms with Gasteiger partial charge < -0.3 is 15.0 Å². The Bertz CT molecular complexity index is 937. The molecule has 3 aromatic heterocycles. The van der Waals surface area contributed by atoms with Gasteiger partial charge in [0.25, 0.3) is 5.91 Å². The van der Waals surface area contributed by atoms with Crippen molar-refractivity contribution in [2.24, 2.45) is 0 Å². The van der Waals surface area contributed by atoms with E-state index < -0.39 is 5.82 Å². The zero-order valence-electron chi connectivity index (χ0n) is 19.8. The Morgan fingerprint density at radius 3 is 2.48 bits per heavy atom. The van der Waals surface area contributed by atoms with E-state index in [0.717, 1.165) is 25.1 Å². The molecule has 0 aromatic carbocycles. The molecule has 31 heavy (non-hydrogen) atoms. The van der Waals surface area contributed by atoms with Gasteiger partial charge in [0.05, 0.1) is 16.9 Å². The summed E-state index contributed by atoms with van der Waals surface area (Å²) in [4.78, 5) is 21.0. The van der Waals surface area contributed by atoms with E-state index in [1.807, 2.05) is 40.8 Å². The van der Waals surface area contributed by atoms with E-state index in [2.05, 4.69) is 27.5 Å². The predicted molar refractivity (Wildman–Crippen MR) is 126 cm³/mol. The lowest BCUT2D eigenvalue weighted by Gasteiger charge is -2.14. The number of imidazole rings is 1. The van der Waals surface area contributed by atoms with E-state index in [-0.39, 0.29) is 11.6 Å². The summed E-state index contributed by atoms with van der Waals surface area (Å²) in [5, 5.41) is 5.87. The van der Waals surface area contributed by atoms with Crippen molar-refractivity contribution in [3.8, 4) is 0 Å². The van der Waals surface area contributed by atoms with Gasteiger partial charge in [-0.1, -0.05) is 34.6 Å². The summed E-state index contributed by atoms with van der Waals surface area (Å²) in [7, 11) is 1.93. The number of aromatic nitrogens is 3. The highest BCUT2D eigenvalue weighted by Gasteiger charge is 2.14. The summed E-state index contributed by atoms with van der Waals surface area (Å²) >= 11 is 0. The Morgan fingerprint density at radius 1 is 1.19 bits per heavy atom. The number of nitrogens with one attached hydrogen (secondary N) is 2. The summed E-state index contributed by atoms with van der Waals surface area (Å²) in [6.45, 7) is 12.8. The second-order valence-corrected chi connectivity index (χ2v) is 6.61. The summed E-state index contributed by atoms with van der Waals surface area (Å²) in [5.41, 5.74) is 2.73. The van der Waals surface area contributed by atoms with E-state index in [4.69, 9.17) is 0 Å². The molecule has 0 aliphatic heterocycles. The third kappa shape index (κ3) is 7.14. The molecule has 0 fully saturated rings. The molecule has 3 rings (SSSR count). The van der Waals surface area contributed by atoms with Crippen molar-refractivity contribution in [1.29, 1.82) is 0 Å². The first-order chi connectivity index (χ1) is 15.0. The highest BCUT2D eigenvalue weighted by molar-refractivity contribution is 6.04. The molecular weight excluding hydrogens is 393 g/mol. The summed E-state index contributed by atoms with van der Waals surface area (Å²) in [5.74, 6) is -0.451. The van der Waals surface area contributed by atoms with Crippen molar-refractivity contribution < 1.29 is 9.18 Å². The highest BCUT2D eigenvalue weighted by Crippen LogP contribution is 2.21. The lowest BCUT2D eigenvalue weighted by Crippen LogP contribution is -2.15. The van der Waals surface area contributed by atoms with Gasteiger partial charge in [-0.05, 0) is 45.5 Å². The average molecular weight is 430 g/mol. The zero-order chi connectivity index (χ0) is 23.4. The van der Waals surface area contributed by atoms with Crippen LogP contribution in [0, 0.1) is 12.7 Å². The van der Waals surface area contributed by atoms with Crippen molar-refractivity contribution in [2.45, 2.75) is 60.3 Å². The van der Waals surface area contributed by atoms with Crippen LogP contribution >= 0.6 is 0 Å². The number of hydrogen-bond donors (Lipinski definition) is 2. The van der Waals surface area contributed by atoms with Crippen LogP contribution in [0.15, 0.2) is 36.8 Å². The summed E-state index contributed by atoms with van der Waals surface area (Å²) < 4.78 is 15.7. The van der Waals surface area contributed by atoms with Crippen LogP contribution in [0.2, 0.25) is 0 Å². The molecule has 0 saturated carbocycles. The molecule has 1 atom stereocenters. The predicted octanol–water partition coefficient (Wildman–Crippen LogP) is 5.58. The van der Waals surface area contributed by atoms with Gasteiger partial charge in [0.15, 0.2) is 11.5 Å². The first kappa shape index (κ1) is 26.2.